The number of hydrogen-bond acceptors (Lipinski definition) is 4. The Morgan fingerprint density at radius 3 is 2.92 bits per heavy atom. The van der Waals surface area contributed by atoms with E-state index in [-0.39, 0.29) is 12.6 Å². The van der Waals surface area contributed by atoms with Gasteiger partial charge in [0.2, 0.25) is 0 Å². The van der Waals surface area contributed by atoms with Crippen molar-refractivity contribution < 1.29 is 4.79 Å². The van der Waals surface area contributed by atoms with Crippen LogP contribution in [0.4, 0.5) is 10.6 Å². The van der Waals surface area contributed by atoms with Gasteiger partial charge in [0.25, 0.3) is 0 Å². The Balaban J connectivity index is 1.50. The van der Waals surface area contributed by atoms with Crippen LogP contribution in [0.5, 0.6) is 0 Å². The lowest BCUT2D eigenvalue weighted by molar-refractivity contribution is 0.251. The normalized spacial score (nSPS) is 10.2. The number of urea groups is 1. The quantitative estimate of drug-likeness (QED) is 0.642. The molecule has 126 valence electrons. The van der Waals surface area contributed by atoms with E-state index in [1.807, 2.05) is 36.4 Å². The number of nitriles is 1. The second-order valence-corrected chi connectivity index (χ2v) is 5.29. The van der Waals surface area contributed by atoms with E-state index in [9.17, 15) is 4.79 Å². The molecule has 8 nitrogen and oxygen atoms in total. The fourth-order valence-electron chi connectivity index (χ4n) is 2.26. The number of hydrogen-bond donors (Lipinski definition) is 3. The molecule has 1 aromatic carbocycles. The number of benzene rings is 1. The average Bonchev–Trinajstić information content (AvgIpc) is 3.28. The van der Waals surface area contributed by atoms with Crippen LogP contribution in [0.15, 0.2) is 48.8 Å². The number of anilines is 1. The van der Waals surface area contributed by atoms with Gasteiger partial charge < -0.3 is 10.3 Å². The molecule has 3 rings (SSSR count). The van der Waals surface area contributed by atoms with Crippen LogP contribution < -0.4 is 10.6 Å². The Hall–Kier alpha value is -3.60. The van der Waals surface area contributed by atoms with Gasteiger partial charge in [-0.25, -0.2) is 9.78 Å². The molecular formula is C17H17N7O. The van der Waals surface area contributed by atoms with Crippen LogP contribution in [0.2, 0.25) is 0 Å². The van der Waals surface area contributed by atoms with Crippen LogP contribution in [-0.2, 0) is 13.1 Å². The number of nitrogens with one attached hydrogen (secondary N) is 3. The van der Waals surface area contributed by atoms with Gasteiger partial charge in [0.15, 0.2) is 5.82 Å². The van der Waals surface area contributed by atoms with E-state index in [1.54, 1.807) is 23.1 Å². The third-order valence-corrected chi connectivity index (χ3v) is 3.46. The zero-order chi connectivity index (χ0) is 17.5. The predicted molar refractivity (Wildman–Crippen MR) is 92.3 cm³/mol. The molecule has 0 aliphatic rings. The molecule has 25 heavy (non-hydrogen) atoms. The Labute approximate surface area is 144 Å². The fraction of sp³-hybridized carbons (Fsp3) is 0.176. The van der Waals surface area contributed by atoms with Crippen molar-refractivity contribution in [2.24, 2.45) is 0 Å². The minimum Gasteiger partial charge on any atom is -0.341 e. The molecule has 0 spiro atoms. The Morgan fingerprint density at radius 1 is 1.28 bits per heavy atom. The largest absolute Gasteiger partial charge is 0.341 e. The summed E-state index contributed by atoms with van der Waals surface area (Å²) < 4.78 is 1.61. The third-order valence-electron chi connectivity index (χ3n) is 3.46. The summed E-state index contributed by atoms with van der Waals surface area (Å²) in [5, 5.41) is 18.1. The smallest absolute Gasteiger partial charge is 0.320 e. The number of aromatic nitrogens is 4. The molecular weight excluding hydrogens is 318 g/mol. The SMILES string of the molecule is N#CCCn1ccc(NC(=O)NCc2ncc(-c3ccccc3)[nH]2)n1. The van der Waals surface area contributed by atoms with Crippen molar-refractivity contribution in [2.75, 3.05) is 5.32 Å². The lowest BCUT2D eigenvalue weighted by Gasteiger charge is -2.04. The molecule has 0 unspecified atom stereocenters. The Kier molecular flexibility index (Phi) is 5.07. The highest BCUT2D eigenvalue weighted by Gasteiger charge is 2.07. The van der Waals surface area contributed by atoms with Crippen molar-refractivity contribution >= 4 is 11.8 Å². The molecule has 2 amide bonds. The van der Waals surface area contributed by atoms with E-state index < -0.39 is 0 Å². The van der Waals surface area contributed by atoms with E-state index in [0.29, 0.717) is 24.6 Å². The first-order chi connectivity index (χ1) is 12.2. The van der Waals surface area contributed by atoms with E-state index in [0.717, 1.165) is 11.3 Å². The first kappa shape index (κ1) is 16.3. The maximum absolute atomic E-state index is 11.9. The molecule has 3 N–H and O–H groups in total. The number of imidazole rings is 1. The fourth-order valence-corrected chi connectivity index (χ4v) is 2.26. The summed E-state index contributed by atoms with van der Waals surface area (Å²) in [7, 11) is 0. The van der Waals surface area contributed by atoms with Gasteiger partial charge in [0.1, 0.15) is 5.82 Å². The number of H-pyrrole nitrogens is 1. The molecule has 0 radical (unpaired) electrons. The van der Waals surface area contributed by atoms with Gasteiger partial charge >= 0.3 is 6.03 Å². The molecule has 0 atom stereocenters. The first-order valence-corrected chi connectivity index (χ1v) is 7.79. The van der Waals surface area contributed by atoms with Crippen molar-refractivity contribution in [1.29, 1.82) is 5.26 Å². The summed E-state index contributed by atoms with van der Waals surface area (Å²) in [6.07, 6.45) is 3.82. The molecule has 0 bridgehead atoms. The number of amides is 2. The maximum atomic E-state index is 11.9. The topological polar surface area (TPSA) is 111 Å². The second-order valence-electron chi connectivity index (χ2n) is 5.29. The number of carbonyl (C=O) groups is 1. The van der Waals surface area contributed by atoms with Gasteiger partial charge in [-0.2, -0.15) is 10.4 Å². The van der Waals surface area contributed by atoms with Crippen LogP contribution in [0.3, 0.4) is 0 Å². The Morgan fingerprint density at radius 2 is 2.12 bits per heavy atom. The number of rotatable bonds is 6. The molecule has 2 aromatic heterocycles. The van der Waals surface area contributed by atoms with Crippen molar-refractivity contribution in [1.82, 2.24) is 25.1 Å². The highest BCUT2D eigenvalue weighted by atomic mass is 16.2. The predicted octanol–water partition coefficient (Wildman–Crippen LogP) is 2.51. The first-order valence-electron chi connectivity index (χ1n) is 7.79. The lowest BCUT2D eigenvalue weighted by Crippen LogP contribution is -2.28. The van der Waals surface area contributed by atoms with Crippen molar-refractivity contribution in [3.05, 3.63) is 54.6 Å². The van der Waals surface area contributed by atoms with Crippen molar-refractivity contribution in [2.45, 2.75) is 19.5 Å². The zero-order valence-electron chi connectivity index (χ0n) is 13.4. The number of aryl methyl sites for hydroxylation is 1. The summed E-state index contributed by atoms with van der Waals surface area (Å²) in [4.78, 5) is 19.4. The molecule has 2 heterocycles. The standard InChI is InChI=1S/C17H17N7O/c18-8-4-9-24-10-7-15(23-24)22-17(25)20-12-16-19-11-14(21-16)13-5-2-1-3-6-13/h1-3,5-7,10-11H,4,9,12H2,(H,19,21)(H2,20,22,23,25). The van der Waals surface area contributed by atoms with Gasteiger partial charge in [0.05, 0.1) is 37.5 Å². The monoisotopic (exact) mass is 335 g/mol. The molecule has 0 fully saturated rings. The van der Waals surface area contributed by atoms with Gasteiger partial charge in [-0.05, 0) is 5.56 Å². The molecule has 3 aromatic rings. The highest BCUT2D eigenvalue weighted by Crippen LogP contribution is 2.15. The van der Waals surface area contributed by atoms with Crippen molar-refractivity contribution in [3.63, 3.8) is 0 Å². The molecule has 0 saturated carbocycles. The van der Waals surface area contributed by atoms with Gasteiger partial charge in [-0.3, -0.25) is 10.00 Å². The highest BCUT2D eigenvalue weighted by molar-refractivity contribution is 5.88. The zero-order valence-corrected chi connectivity index (χ0v) is 13.4. The second kappa shape index (κ2) is 7.79. The minimum atomic E-state index is -0.372. The lowest BCUT2D eigenvalue weighted by atomic mass is 10.2. The summed E-state index contributed by atoms with van der Waals surface area (Å²) in [5.41, 5.74) is 1.93. The maximum Gasteiger partial charge on any atom is 0.320 e. The van der Waals surface area contributed by atoms with E-state index in [4.69, 9.17) is 5.26 Å². The average molecular weight is 335 g/mol. The van der Waals surface area contributed by atoms with Crippen molar-refractivity contribution in [3.8, 4) is 17.3 Å². The Bertz CT molecular complexity index is 876. The summed E-state index contributed by atoms with van der Waals surface area (Å²) in [5.74, 6) is 1.09. The molecule has 0 aliphatic heterocycles. The minimum absolute atomic E-state index is 0.272. The van der Waals surface area contributed by atoms with Crippen LogP contribution in [0.25, 0.3) is 11.3 Å². The van der Waals surface area contributed by atoms with Crippen LogP contribution in [0, 0.1) is 11.3 Å². The number of nitrogens with zero attached hydrogens (tertiary/aromatic N) is 4. The van der Waals surface area contributed by atoms with E-state index >= 15 is 0 Å². The van der Waals surface area contributed by atoms with Gasteiger partial charge in [0, 0.05) is 12.3 Å². The molecule has 0 saturated heterocycles. The van der Waals surface area contributed by atoms with E-state index in [1.165, 1.54) is 0 Å². The summed E-state index contributed by atoms with van der Waals surface area (Å²) in [6, 6.07) is 13.2. The summed E-state index contributed by atoms with van der Waals surface area (Å²) >= 11 is 0. The third kappa shape index (κ3) is 4.45. The van der Waals surface area contributed by atoms with Crippen LogP contribution >= 0.6 is 0 Å². The van der Waals surface area contributed by atoms with Crippen LogP contribution in [0.1, 0.15) is 12.2 Å². The molecule has 0 aliphatic carbocycles. The molecule has 8 heteroatoms. The number of carbonyl (C=O) groups excluding carboxylic acids is 1. The van der Waals surface area contributed by atoms with Gasteiger partial charge in [-0.15, -0.1) is 0 Å². The summed E-state index contributed by atoms with van der Waals surface area (Å²) in [6.45, 7) is 0.766. The van der Waals surface area contributed by atoms with E-state index in [2.05, 4.69) is 25.7 Å². The van der Waals surface area contributed by atoms with Gasteiger partial charge in [-0.1, -0.05) is 30.3 Å². The number of aromatic amines is 1. The van der Waals surface area contributed by atoms with Crippen LogP contribution in [-0.4, -0.2) is 25.8 Å².